The van der Waals surface area contributed by atoms with Crippen LogP contribution < -0.4 is 10.2 Å². The number of piperidine rings is 1. The van der Waals surface area contributed by atoms with Crippen LogP contribution in [0.3, 0.4) is 0 Å². The molecule has 1 amide bonds. The summed E-state index contributed by atoms with van der Waals surface area (Å²) in [6.45, 7) is 3.35. The number of nitrogens with one attached hydrogen (secondary N) is 1. The van der Waals surface area contributed by atoms with Crippen molar-refractivity contribution in [2.75, 3.05) is 18.0 Å². The lowest BCUT2D eigenvalue weighted by atomic mass is 9.89. The molecule has 1 saturated carbocycles. The van der Waals surface area contributed by atoms with Crippen LogP contribution >= 0.6 is 0 Å². The van der Waals surface area contributed by atoms with Crippen LogP contribution in [-0.4, -0.2) is 28.5 Å². The predicted octanol–water partition coefficient (Wildman–Crippen LogP) is 5.15. The van der Waals surface area contributed by atoms with Crippen molar-refractivity contribution in [2.24, 2.45) is 11.8 Å². The second-order valence-electron chi connectivity index (χ2n) is 9.50. The molecule has 32 heavy (non-hydrogen) atoms. The zero-order valence-electron chi connectivity index (χ0n) is 18.9. The molecule has 2 fully saturated rings. The molecule has 5 nitrogen and oxygen atoms in total. The average Bonchev–Trinajstić information content (AvgIpc) is 3.22. The Labute approximate surface area is 190 Å². The van der Waals surface area contributed by atoms with Crippen LogP contribution in [0.15, 0.2) is 54.6 Å². The molecule has 5 rings (SSSR count). The number of aromatic nitrogens is 2. The van der Waals surface area contributed by atoms with Gasteiger partial charge in [-0.1, -0.05) is 61.7 Å². The van der Waals surface area contributed by atoms with E-state index in [4.69, 9.17) is 4.98 Å². The topological polar surface area (TPSA) is 50.2 Å². The number of hydrogen-bond donors (Lipinski definition) is 1. The van der Waals surface area contributed by atoms with E-state index < -0.39 is 0 Å². The van der Waals surface area contributed by atoms with E-state index in [9.17, 15) is 4.79 Å². The number of carbonyl (C=O) groups excluding carboxylic acids is 1. The summed E-state index contributed by atoms with van der Waals surface area (Å²) in [5.41, 5.74) is 3.43. The van der Waals surface area contributed by atoms with E-state index >= 15 is 0 Å². The van der Waals surface area contributed by atoms with Crippen molar-refractivity contribution in [3.8, 4) is 0 Å². The molecule has 1 atom stereocenters. The lowest BCUT2D eigenvalue weighted by molar-refractivity contribution is -0.125. The van der Waals surface area contributed by atoms with Crippen LogP contribution in [0.2, 0.25) is 0 Å². The van der Waals surface area contributed by atoms with Crippen molar-refractivity contribution < 1.29 is 4.79 Å². The number of carbonyl (C=O) groups is 1. The Hall–Kier alpha value is -2.82. The molecular formula is C27H34N4O. The van der Waals surface area contributed by atoms with Gasteiger partial charge in [0.2, 0.25) is 11.9 Å². The summed E-state index contributed by atoms with van der Waals surface area (Å²) < 4.78 is 2.44. The van der Waals surface area contributed by atoms with Gasteiger partial charge in [0.15, 0.2) is 0 Å². The van der Waals surface area contributed by atoms with E-state index in [1.54, 1.807) is 0 Å². The smallest absolute Gasteiger partial charge is 0.225 e. The van der Waals surface area contributed by atoms with Gasteiger partial charge in [-0.15, -0.1) is 0 Å². The van der Waals surface area contributed by atoms with Gasteiger partial charge in [-0.3, -0.25) is 4.79 Å². The fraction of sp³-hybridized carbons (Fsp3) is 0.481. The standard InChI is InChI=1S/C27H34N4O/c32-26(28-18-21-10-3-1-4-11-21)23-14-9-17-30(20-23)27-29-24-15-7-8-16-25(24)31(27)19-22-12-5-2-6-13-22/h1,3-4,7-8,10-11,15-16,22-23H,2,5-6,9,12-14,17-20H2,(H,28,32). The van der Waals surface area contributed by atoms with Gasteiger partial charge >= 0.3 is 0 Å². The average molecular weight is 431 g/mol. The molecule has 168 valence electrons. The minimum atomic E-state index is 0.00963. The van der Waals surface area contributed by atoms with Crippen LogP contribution in [0.5, 0.6) is 0 Å². The number of rotatable bonds is 6. The second kappa shape index (κ2) is 9.76. The number of amides is 1. The summed E-state index contributed by atoms with van der Waals surface area (Å²) in [5.74, 6) is 1.95. The highest BCUT2D eigenvalue weighted by molar-refractivity contribution is 5.81. The molecule has 2 heterocycles. The fourth-order valence-electron chi connectivity index (χ4n) is 5.41. The molecule has 1 unspecified atom stereocenters. The van der Waals surface area contributed by atoms with E-state index in [1.807, 2.05) is 18.2 Å². The van der Waals surface area contributed by atoms with E-state index in [0.717, 1.165) is 55.4 Å². The maximum absolute atomic E-state index is 13.0. The zero-order chi connectivity index (χ0) is 21.8. The first-order valence-electron chi connectivity index (χ1n) is 12.3. The molecule has 0 bridgehead atoms. The fourth-order valence-corrected chi connectivity index (χ4v) is 5.41. The highest BCUT2D eigenvalue weighted by atomic mass is 16.1. The van der Waals surface area contributed by atoms with Crippen LogP contribution in [-0.2, 0) is 17.9 Å². The molecular weight excluding hydrogens is 396 g/mol. The Morgan fingerprint density at radius 3 is 2.56 bits per heavy atom. The third-order valence-electron chi connectivity index (χ3n) is 7.18. The molecule has 2 aromatic carbocycles. The summed E-state index contributed by atoms with van der Waals surface area (Å²) in [7, 11) is 0. The summed E-state index contributed by atoms with van der Waals surface area (Å²) in [5, 5.41) is 3.15. The molecule has 5 heteroatoms. The van der Waals surface area contributed by atoms with Gasteiger partial charge in [0, 0.05) is 26.2 Å². The molecule has 2 aliphatic rings. The molecule has 3 aromatic rings. The van der Waals surface area contributed by atoms with Crippen molar-refractivity contribution >= 4 is 22.9 Å². The highest BCUT2D eigenvalue weighted by Crippen LogP contribution is 2.31. The number of imidazole rings is 1. The molecule has 1 aliphatic heterocycles. The van der Waals surface area contributed by atoms with Gasteiger partial charge < -0.3 is 14.8 Å². The second-order valence-corrected chi connectivity index (χ2v) is 9.50. The van der Waals surface area contributed by atoms with Crippen molar-refractivity contribution in [3.05, 3.63) is 60.2 Å². The third-order valence-corrected chi connectivity index (χ3v) is 7.18. The third kappa shape index (κ3) is 4.67. The Bertz CT molecular complexity index is 1040. The van der Waals surface area contributed by atoms with Crippen molar-refractivity contribution in [2.45, 2.75) is 58.0 Å². The highest BCUT2D eigenvalue weighted by Gasteiger charge is 2.29. The summed E-state index contributed by atoms with van der Waals surface area (Å²) in [6.07, 6.45) is 8.67. The Morgan fingerprint density at radius 1 is 0.938 bits per heavy atom. The first-order valence-corrected chi connectivity index (χ1v) is 12.3. The van der Waals surface area contributed by atoms with Gasteiger partial charge in [-0.05, 0) is 49.3 Å². The maximum Gasteiger partial charge on any atom is 0.225 e. The normalized spacial score (nSPS) is 19.9. The van der Waals surface area contributed by atoms with Crippen LogP contribution in [0, 0.1) is 11.8 Å². The van der Waals surface area contributed by atoms with Gasteiger partial charge in [-0.2, -0.15) is 0 Å². The Morgan fingerprint density at radius 2 is 1.72 bits per heavy atom. The minimum absolute atomic E-state index is 0.00963. The van der Waals surface area contributed by atoms with Gasteiger partial charge in [0.05, 0.1) is 17.0 Å². The Kier molecular flexibility index (Phi) is 6.42. The lowest BCUT2D eigenvalue weighted by Crippen LogP contribution is -2.44. The summed E-state index contributed by atoms with van der Waals surface area (Å²) in [4.78, 5) is 20.4. The molecule has 1 saturated heterocycles. The number of hydrogen-bond acceptors (Lipinski definition) is 3. The largest absolute Gasteiger partial charge is 0.352 e. The Balaban J connectivity index is 1.32. The van der Waals surface area contributed by atoms with Crippen LogP contribution in [0.25, 0.3) is 11.0 Å². The van der Waals surface area contributed by atoms with Crippen LogP contribution in [0.1, 0.15) is 50.5 Å². The van der Waals surface area contributed by atoms with Crippen LogP contribution in [0.4, 0.5) is 5.95 Å². The van der Waals surface area contributed by atoms with E-state index in [-0.39, 0.29) is 11.8 Å². The zero-order valence-corrected chi connectivity index (χ0v) is 18.9. The van der Waals surface area contributed by atoms with Crippen molar-refractivity contribution in [3.63, 3.8) is 0 Å². The molecule has 0 radical (unpaired) electrons. The predicted molar refractivity (Wildman–Crippen MR) is 130 cm³/mol. The van der Waals surface area contributed by atoms with Gasteiger partial charge in [-0.25, -0.2) is 4.98 Å². The van der Waals surface area contributed by atoms with Crippen molar-refractivity contribution in [1.29, 1.82) is 0 Å². The SMILES string of the molecule is O=C(NCc1ccccc1)C1CCCN(c2nc3ccccc3n2CC2CCCCC2)C1. The quantitative estimate of drug-likeness (QED) is 0.588. The maximum atomic E-state index is 13.0. The number of para-hydroxylation sites is 2. The van der Waals surface area contributed by atoms with E-state index in [2.05, 4.69) is 51.2 Å². The summed E-state index contributed by atoms with van der Waals surface area (Å²) in [6, 6.07) is 18.6. The number of benzene rings is 2. The molecule has 1 aliphatic carbocycles. The van der Waals surface area contributed by atoms with Crippen molar-refractivity contribution in [1.82, 2.24) is 14.9 Å². The summed E-state index contributed by atoms with van der Waals surface area (Å²) >= 11 is 0. The minimum Gasteiger partial charge on any atom is -0.352 e. The molecule has 1 aromatic heterocycles. The number of fused-ring (bicyclic) bond motifs is 1. The number of anilines is 1. The monoisotopic (exact) mass is 430 g/mol. The van der Waals surface area contributed by atoms with E-state index in [1.165, 1.54) is 37.6 Å². The first kappa shape index (κ1) is 21.0. The van der Waals surface area contributed by atoms with Gasteiger partial charge in [0.1, 0.15) is 0 Å². The van der Waals surface area contributed by atoms with Gasteiger partial charge in [0.25, 0.3) is 0 Å². The lowest BCUT2D eigenvalue weighted by Gasteiger charge is -2.34. The van der Waals surface area contributed by atoms with E-state index in [0.29, 0.717) is 6.54 Å². The molecule has 0 spiro atoms. The first-order chi connectivity index (χ1) is 15.8. The number of nitrogens with zero attached hydrogens (tertiary/aromatic N) is 3. The molecule has 1 N–H and O–H groups in total.